The minimum Gasteiger partial charge on any atom is -0.480 e. The van der Waals surface area contributed by atoms with Crippen LogP contribution in [0.1, 0.15) is 26.7 Å². The average Bonchev–Trinajstić information content (AvgIpc) is 2.48. The number of aliphatic carboxylic acids is 1. The molecule has 1 fully saturated rings. The number of amides is 1. The van der Waals surface area contributed by atoms with E-state index < -0.39 is 17.6 Å². The molecular weight excluding hydrogens is 184 g/mol. The van der Waals surface area contributed by atoms with E-state index in [0.29, 0.717) is 13.0 Å². The normalized spacial score (nSPS) is 22.5. The first-order valence-electron chi connectivity index (χ1n) is 4.67. The number of likely N-dealkylation sites (tertiary alicyclic amines) is 1. The number of nitrogens with two attached hydrogens (primary N) is 1. The Hall–Kier alpha value is -1.10. The second-order valence-corrected chi connectivity index (χ2v) is 4.22. The van der Waals surface area contributed by atoms with E-state index in [4.69, 9.17) is 10.8 Å². The molecule has 3 N–H and O–H groups in total. The number of carbonyl (C=O) groups is 2. The molecule has 1 saturated heterocycles. The Labute approximate surface area is 82.9 Å². The van der Waals surface area contributed by atoms with Gasteiger partial charge in [0, 0.05) is 6.54 Å². The largest absolute Gasteiger partial charge is 0.480 e. The zero-order chi connectivity index (χ0) is 10.9. The van der Waals surface area contributed by atoms with E-state index in [1.165, 1.54) is 4.90 Å². The highest BCUT2D eigenvalue weighted by Crippen LogP contribution is 2.20. The van der Waals surface area contributed by atoms with Crippen molar-refractivity contribution >= 4 is 11.9 Å². The molecule has 14 heavy (non-hydrogen) atoms. The van der Waals surface area contributed by atoms with Gasteiger partial charge in [-0.05, 0) is 26.7 Å². The van der Waals surface area contributed by atoms with E-state index in [1.54, 1.807) is 13.8 Å². The maximum atomic E-state index is 11.7. The van der Waals surface area contributed by atoms with Crippen LogP contribution in [0.4, 0.5) is 0 Å². The Morgan fingerprint density at radius 1 is 1.50 bits per heavy atom. The van der Waals surface area contributed by atoms with Crippen molar-refractivity contribution in [2.75, 3.05) is 6.54 Å². The molecule has 80 valence electrons. The maximum absolute atomic E-state index is 11.7. The van der Waals surface area contributed by atoms with E-state index >= 15 is 0 Å². The summed E-state index contributed by atoms with van der Waals surface area (Å²) in [6, 6.07) is -0.690. The lowest BCUT2D eigenvalue weighted by atomic mass is 10.0. The highest BCUT2D eigenvalue weighted by molar-refractivity contribution is 5.89. The van der Waals surface area contributed by atoms with E-state index in [1.807, 2.05) is 0 Å². The second kappa shape index (κ2) is 3.57. The van der Waals surface area contributed by atoms with Crippen LogP contribution in [0.3, 0.4) is 0 Å². The summed E-state index contributed by atoms with van der Waals surface area (Å²) >= 11 is 0. The van der Waals surface area contributed by atoms with Crippen molar-refractivity contribution in [2.24, 2.45) is 5.73 Å². The predicted octanol–water partition coefficient (Wildman–Crippen LogP) is -0.201. The van der Waals surface area contributed by atoms with Crippen molar-refractivity contribution in [3.8, 4) is 0 Å². The topological polar surface area (TPSA) is 83.6 Å². The van der Waals surface area contributed by atoms with Crippen LogP contribution in [0.15, 0.2) is 0 Å². The molecule has 0 saturated carbocycles. The molecule has 1 aliphatic heterocycles. The molecule has 1 rings (SSSR count). The molecule has 1 aliphatic rings. The Bertz CT molecular complexity index is 257. The van der Waals surface area contributed by atoms with Gasteiger partial charge in [-0.3, -0.25) is 4.79 Å². The van der Waals surface area contributed by atoms with Crippen LogP contribution < -0.4 is 5.73 Å². The van der Waals surface area contributed by atoms with Gasteiger partial charge in [0.05, 0.1) is 5.54 Å². The van der Waals surface area contributed by atoms with Crippen LogP contribution in [-0.4, -0.2) is 40.0 Å². The fraction of sp³-hybridized carbons (Fsp3) is 0.778. The third kappa shape index (κ3) is 2.04. The molecule has 0 bridgehead atoms. The third-order valence-corrected chi connectivity index (χ3v) is 2.35. The van der Waals surface area contributed by atoms with Crippen molar-refractivity contribution in [3.63, 3.8) is 0 Å². The van der Waals surface area contributed by atoms with Gasteiger partial charge in [0.2, 0.25) is 5.91 Å². The monoisotopic (exact) mass is 200 g/mol. The van der Waals surface area contributed by atoms with E-state index in [0.717, 1.165) is 6.42 Å². The highest BCUT2D eigenvalue weighted by atomic mass is 16.4. The van der Waals surface area contributed by atoms with Crippen LogP contribution in [0, 0.1) is 0 Å². The lowest BCUT2D eigenvalue weighted by Crippen LogP contribution is -2.54. The third-order valence-electron chi connectivity index (χ3n) is 2.35. The molecule has 0 radical (unpaired) electrons. The van der Waals surface area contributed by atoms with Crippen molar-refractivity contribution in [1.29, 1.82) is 0 Å². The number of nitrogens with zero attached hydrogens (tertiary/aromatic N) is 1. The first-order chi connectivity index (χ1) is 6.34. The Morgan fingerprint density at radius 3 is 2.50 bits per heavy atom. The highest BCUT2D eigenvalue weighted by Gasteiger charge is 2.38. The van der Waals surface area contributed by atoms with E-state index in [9.17, 15) is 9.59 Å². The Kier molecular flexibility index (Phi) is 2.80. The average molecular weight is 200 g/mol. The summed E-state index contributed by atoms with van der Waals surface area (Å²) in [6.45, 7) is 3.68. The molecule has 1 atom stereocenters. The maximum Gasteiger partial charge on any atom is 0.326 e. The standard InChI is InChI=1S/C9H16N2O3/c1-9(2,10)8(14)11-5-3-4-6(11)7(12)13/h6H,3-5,10H2,1-2H3,(H,12,13). The molecule has 1 unspecified atom stereocenters. The summed E-state index contributed by atoms with van der Waals surface area (Å²) in [5, 5.41) is 8.86. The molecule has 5 heteroatoms. The zero-order valence-corrected chi connectivity index (χ0v) is 8.49. The molecular formula is C9H16N2O3. The van der Waals surface area contributed by atoms with Gasteiger partial charge in [-0.2, -0.15) is 0 Å². The molecule has 1 heterocycles. The number of carboxylic acid groups (broad SMARTS) is 1. The number of rotatable bonds is 2. The van der Waals surface area contributed by atoms with Gasteiger partial charge in [-0.15, -0.1) is 0 Å². The number of carbonyl (C=O) groups excluding carboxylic acids is 1. The lowest BCUT2D eigenvalue weighted by Gasteiger charge is -2.28. The van der Waals surface area contributed by atoms with Gasteiger partial charge >= 0.3 is 5.97 Å². The van der Waals surface area contributed by atoms with E-state index in [2.05, 4.69) is 0 Å². The summed E-state index contributed by atoms with van der Waals surface area (Å²) in [6.07, 6.45) is 1.26. The molecule has 0 aromatic rings. The van der Waals surface area contributed by atoms with Gasteiger partial charge in [0.25, 0.3) is 0 Å². The summed E-state index contributed by atoms with van der Waals surface area (Å²) in [7, 11) is 0. The van der Waals surface area contributed by atoms with Crippen molar-refractivity contribution in [3.05, 3.63) is 0 Å². The summed E-state index contributed by atoms with van der Waals surface area (Å²) < 4.78 is 0. The van der Waals surface area contributed by atoms with Crippen molar-refractivity contribution in [1.82, 2.24) is 4.90 Å². The van der Waals surface area contributed by atoms with Gasteiger partial charge in [-0.25, -0.2) is 4.79 Å². The fourth-order valence-corrected chi connectivity index (χ4v) is 1.64. The fourth-order valence-electron chi connectivity index (χ4n) is 1.64. The zero-order valence-electron chi connectivity index (χ0n) is 8.49. The molecule has 0 spiro atoms. The van der Waals surface area contributed by atoms with Crippen LogP contribution in [0.25, 0.3) is 0 Å². The van der Waals surface area contributed by atoms with Crippen LogP contribution in [-0.2, 0) is 9.59 Å². The van der Waals surface area contributed by atoms with Gasteiger partial charge in [0.15, 0.2) is 0 Å². The first kappa shape index (κ1) is 11.0. The molecule has 1 amide bonds. The quantitative estimate of drug-likeness (QED) is 0.646. The van der Waals surface area contributed by atoms with Crippen LogP contribution in [0.2, 0.25) is 0 Å². The molecule has 0 aromatic carbocycles. The Morgan fingerprint density at radius 2 is 2.07 bits per heavy atom. The second-order valence-electron chi connectivity index (χ2n) is 4.22. The minimum absolute atomic E-state index is 0.289. The van der Waals surface area contributed by atoms with Gasteiger partial charge in [0.1, 0.15) is 6.04 Å². The molecule has 0 aliphatic carbocycles. The summed E-state index contributed by atoms with van der Waals surface area (Å²) in [5.41, 5.74) is 4.65. The molecule has 5 nitrogen and oxygen atoms in total. The number of carboxylic acids is 1. The van der Waals surface area contributed by atoms with E-state index in [-0.39, 0.29) is 5.91 Å². The Balaban J connectivity index is 2.77. The van der Waals surface area contributed by atoms with Crippen molar-refractivity contribution < 1.29 is 14.7 Å². The van der Waals surface area contributed by atoms with Crippen LogP contribution in [0.5, 0.6) is 0 Å². The summed E-state index contributed by atoms with van der Waals surface area (Å²) in [4.78, 5) is 23.9. The first-order valence-corrected chi connectivity index (χ1v) is 4.67. The predicted molar refractivity (Wildman–Crippen MR) is 50.6 cm³/mol. The van der Waals surface area contributed by atoms with Gasteiger partial charge in [-0.1, -0.05) is 0 Å². The van der Waals surface area contributed by atoms with Crippen molar-refractivity contribution in [2.45, 2.75) is 38.3 Å². The van der Waals surface area contributed by atoms with Gasteiger partial charge < -0.3 is 15.7 Å². The lowest BCUT2D eigenvalue weighted by molar-refractivity contribution is -0.149. The molecule has 0 aromatic heterocycles. The number of hydrogen-bond acceptors (Lipinski definition) is 3. The van der Waals surface area contributed by atoms with Crippen LogP contribution >= 0.6 is 0 Å². The number of hydrogen-bond donors (Lipinski definition) is 2. The smallest absolute Gasteiger partial charge is 0.326 e. The summed E-state index contributed by atoms with van der Waals surface area (Å²) in [5.74, 6) is -1.23. The minimum atomic E-state index is -0.988. The SMILES string of the molecule is CC(C)(N)C(=O)N1CCCC1C(=O)O.